The molecule has 4 atom stereocenters. The summed E-state index contributed by atoms with van der Waals surface area (Å²) in [5.74, 6) is -0.624. The summed E-state index contributed by atoms with van der Waals surface area (Å²) in [7, 11) is 0. The van der Waals surface area contributed by atoms with Crippen LogP contribution in [0.25, 0.3) is 0 Å². The van der Waals surface area contributed by atoms with Gasteiger partial charge in [0.2, 0.25) is 5.91 Å². The Bertz CT molecular complexity index is 425. The minimum atomic E-state index is -0.777. The maximum Gasteiger partial charge on any atom is 0.320 e. The van der Waals surface area contributed by atoms with Crippen LogP contribution in [-0.4, -0.2) is 53.3 Å². The van der Waals surface area contributed by atoms with Gasteiger partial charge in [0, 0.05) is 20.0 Å². The molecule has 2 N–H and O–H groups in total. The van der Waals surface area contributed by atoms with E-state index in [-0.39, 0.29) is 24.2 Å². The van der Waals surface area contributed by atoms with Gasteiger partial charge < -0.3 is 15.2 Å². The number of carbonyl (C=O) groups excluding carboxylic acids is 1. The van der Waals surface area contributed by atoms with Crippen LogP contribution in [0.3, 0.4) is 0 Å². The molecular weight excluding hydrogens is 296 g/mol. The molecule has 0 aromatic heterocycles. The second kappa shape index (κ2) is 9.67. The standard InChI is InChI=1S/C17H30N2O4/c1-5-8-13-9-15(17(21)22)19(10-13)11-14(6-2)23-16(7-3)18-12(4)20/h5,8,13-16H,6-7,9-11H2,1-4H3,(H,18,20)(H,21,22)/b8-5-. The van der Waals surface area contributed by atoms with Gasteiger partial charge >= 0.3 is 5.97 Å². The molecule has 1 heterocycles. The summed E-state index contributed by atoms with van der Waals surface area (Å²) in [6, 6.07) is -0.463. The summed E-state index contributed by atoms with van der Waals surface area (Å²) in [5.41, 5.74) is 0. The van der Waals surface area contributed by atoms with Crippen molar-refractivity contribution < 1.29 is 19.4 Å². The maximum absolute atomic E-state index is 11.5. The van der Waals surface area contributed by atoms with Gasteiger partial charge in [0.25, 0.3) is 0 Å². The fourth-order valence-corrected chi connectivity index (χ4v) is 3.03. The van der Waals surface area contributed by atoms with Crippen LogP contribution >= 0.6 is 0 Å². The Kier molecular flexibility index (Phi) is 8.26. The zero-order valence-electron chi connectivity index (χ0n) is 14.6. The smallest absolute Gasteiger partial charge is 0.320 e. The van der Waals surface area contributed by atoms with Gasteiger partial charge in [-0.15, -0.1) is 0 Å². The number of ether oxygens (including phenoxy) is 1. The lowest BCUT2D eigenvalue weighted by Crippen LogP contribution is -2.44. The largest absolute Gasteiger partial charge is 0.480 e. The molecule has 6 heteroatoms. The van der Waals surface area contributed by atoms with Gasteiger partial charge in [0.05, 0.1) is 6.10 Å². The summed E-state index contributed by atoms with van der Waals surface area (Å²) in [6.45, 7) is 8.69. The first kappa shape index (κ1) is 19.6. The molecule has 1 aliphatic rings. The molecule has 1 aliphatic heterocycles. The minimum Gasteiger partial charge on any atom is -0.480 e. The molecule has 0 aromatic rings. The second-order valence-corrected chi connectivity index (χ2v) is 6.09. The molecule has 1 rings (SSSR count). The van der Waals surface area contributed by atoms with E-state index in [1.54, 1.807) is 0 Å². The molecule has 1 amide bonds. The average molecular weight is 326 g/mol. The number of likely N-dealkylation sites (tertiary alicyclic amines) is 1. The van der Waals surface area contributed by atoms with E-state index in [0.29, 0.717) is 19.4 Å². The zero-order chi connectivity index (χ0) is 17.4. The molecule has 1 fully saturated rings. The lowest BCUT2D eigenvalue weighted by molar-refractivity contribution is -0.143. The van der Waals surface area contributed by atoms with Gasteiger partial charge in [-0.3, -0.25) is 14.5 Å². The van der Waals surface area contributed by atoms with Gasteiger partial charge in [-0.25, -0.2) is 0 Å². The van der Waals surface area contributed by atoms with E-state index in [4.69, 9.17) is 4.74 Å². The topological polar surface area (TPSA) is 78.9 Å². The Morgan fingerprint density at radius 2 is 2.09 bits per heavy atom. The van der Waals surface area contributed by atoms with Crippen molar-refractivity contribution in [1.82, 2.24) is 10.2 Å². The van der Waals surface area contributed by atoms with Crippen molar-refractivity contribution in [1.29, 1.82) is 0 Å². The van der Waals surface area contributed by atoms with Crippen LogP contribution in [0.4, 0.5) is 0 Å². The lowest BCUT2D eigenvalue weighted by Gasteiger charge is -2.29. The Morgan fingerprint density at radius 1 is 1.39 bits per heavy atom. The first-order valence-corrected chi connectivity index (χ1v) is 8.43. The molecule has 23 heavy (non-hydrogen) atoms. The number of nitrogens with one attached hydrogen (secondary N) is 1. The third-order valence-electron chi connectivity index (χ3n) is 4.17. The number of allylic oxidation sites excluding steroid dienone is 1. The van der Waals surface area contributed by atoms with Crippen molar-refractivity contribution in [3.63, 3.8) is 0 Å². The van der Waals surface area contributed by atoms with Gasteiger partial charge in [-0.1, -0.05) is 26.0 Å². The molecule has 0 saturated carbocycles. The van der Waals surface area contributed by atoms with Crippen LogP contribution in [0.5, 0.6) is 0 Å². The Morgan fingerprint density at radius 3 is 2.57 bits per heavy atom. The van der Waals surface area contributed by atoms with Crippen molar-refractivity contribution in [2.45, 2.75) is 65.3 Å². The van der Waals surface area contributed by atoms with Crippen LogP contribution in [0.15, 0.2) is 12.2 Å². The van der Waals surface area contributed by atoms with Crippen LogP contribution in [0.2, 0.25) is 0 Å². The summed E-state index contributed by atoms with van der Waals surface area (Å²) < 4.78 is 5.96. The number of aliphatic carboxylic acids is 1. The van der Waals surface area contributed by atoms with Crippen LogP contribution in [-0.2, 0) is 14.3 Å². The molecule has 0 radical (unpaired) electrons. The quantitative estimate of drug-likeness (QED) is 0.500. The first-order chi connectivity index (χ1) is 10.9. The molecular formula is C17H30N2O4. The van der Waals surface area contributed by atoms with Crippen LogP contribution in [0.1, 0.15) is 47.0 Å². The van der Waals surface area contributed by atoms with Gasteiger partial charge in [0.15, 0.2) is 0 Å². The van der Waals surface area contributed by atoms with Crippen molar-refractivity contribution in [3.8, 4) is 0 Å². The predicted molar refractivity (Wildman–Crippen MR) is 89.0 cm³/mol. The summed E-state index contributed by atoms with van der Waals surface area (Å²) in [6.07, 6.45) is 5.72. The van der Waals surface area contributed by atoms with E-state index in [9.17, 15) is 14.7 Å². The number of rotatable bonds is 9. The second-order valence-electron chi connectivity index (χ2n) is 6.09. The van der Waals surface area contributed by atoms with Crippen molar-refractivity contribution in [3.05, 3.63) is 12.2 Å². The molecule has 6 nitrogen and oxygen atoms in total. The first-order valence-electron chi connectivity index (χ1n) is 8.43. The monoisotopic (exact) mass is 326 g/mol. The SMILES string of the molecule is C/C=C\C1CC(C(=O)O)N(CC(CC)OC(CC)NC(C)=O)C1. The average Bonchev–Trinajstić information content (AvgIpc) is 2.88. The van der Waals surface area contributed by atoms with Crippen LogP contribution in [0, 0.1) is 5.92 Å². The number of hydrogen-bond donors (Lipinski definition) is 2. The predicted octanol–water partition coefficient (Wildman–Crippen LogP) is 2.00. The third-order valence-corrected chi connectivity index (χ3v) is 4.17. The van der Waals surface area contributed by atoms with E-state index in [2.05, 4.69) is 11.4 Å². The number of carbonyl (C=O) groups is 2. The number of carboxylic acid groups (broad SMARTS) is 1. The van der Waals surface area contributed by atoms with E-state index in [1.165, 1.54) is 6.92 Å². The lowest BCUT2D eigenvalue weighted by atomic mass is 10.1. The normalized spacial score (nSPS) is 24.7. The third kappa shape index (κ3) is 6.31. The van der Waals surface area contributed by atoms with E-state index in [1.807, 2.05) is 31.7 Å². The maximum atomic E-state index is 11.5. The highest BCUT2D eigenvalue weighted by molar-refractivity contribution is 5.74. The highest BCUT2D eigenvalue weighted by Gasteiger charge is 2.36. The van der Waals surface area contributed by atoms with Crippen molar-refractivity contribution >= 4 is 11.9 Å². The molecule has 0 aliphatic carbocycles. The van der Waals surface area contributed by atoms with E-state index >= 15 is 0 Å². The number of nitrogens with zero attached hydrogens (tertiary/aromatic N) is 1. The summed E-state index contributed by atoms with van der Waals surface area (Å²) in [5, 5.41) is 12.2. The Labute approximate surface area is 138 Å². The summed E-state index contributed by atoms with van der Waals surface area (Å²) >= 11 is 0. The highest BCUT2D eigenvalue weighted by atomic mass is 16.5. The number of hydrogen-bond acceptors (Lipinski definition) is 4. The zero-order valence-corrected chi connectivity index (χ0v) is 14.6. The van der Waals surface area contributed by atoms with Crippen molar-refractivity contribution in [2.24, 2.45) is 5.92 Å². The molecule has 4 unspecified atom stereocenters. The highest BCUT2D eigenvalue weighted by Crippen LogP contribution is 2.25. The van der Waals surface area contributed by atoms with Crippen molar-refractivity contribution in [2.75, 3.05) is 13.1 Å². The molecule has 132 valence electrons. The number of amides is 1. The van der Waals surface area contributed by atoms with Gasteiger partial charge in [-0.2, -0.15) is 0 Å². The fourth-order valence-electron chi connectivity index (χ4n) is 3.03. The Hall–Kier alpha value is -1.40. The minimum absolute atomic E-state index is 0.0991. The molecule has 1 saturated heterocycles. The van der Waals surface area contributed by atoms with E-state index in [0.717, 1.165) is 13.0 Å². The summed E-state index contributed by atoms with van der Waals surface area (Å²) in [4.78, 5) is 24.7. The van der Waals surface area contributed by atoms with Gasteiger partial charge in [0.1, 0.15) is 12.3 Å². The van der Waals surface area contributed by atoms with Crippen LogP contribution < -0.4 is 5.32 Å². The fraction of sp³-hybridized carbons (Fsp3) is 0.765. The van der Waals surface area contributed by atoms with E-state index < -0.39 is 12.0 Å². The van der Waals surface area contributed by atoms with Gasteiger partial charge in [-0.05, 0) is 32.1 Å². The Balaban J connectivity index is 2.68. The molecule has 0 aromatic carbocycles. The molecule has 0 bridgehead atoms. The number of carboxylic acids is 1. The molecule has 0 spiro atoms.